The lowest BCUT2D eigenvalue weighted by molar-refractivity contribution is -0.126. The molecule has 0 radical (unpaired) electrons. The average Bonchev–Trinajstić information content (AvgIpc) is 2.88. The lowest BCUT2D eigenvalue weighted by Gasteiger charge is -2.23. The maximum atomic E-state index is 12.6. The largest absolute Gasteiger partial charge is 0.339 e. The van der Waals surface area contributed by atoms with E-state index in [-0.39, 0.29) is 5.91 Å². The molecule has 1 aliphatic rings. The summed E-state index contributed by atoms with van der Waals surface area (Å²) in [6.45, 7) is 1.62. The standard InChI is InChI=1S/C21H22ClNO/c22-20-12-5-4-10-18(20)13-14-21(24)23-15-7-6-11-19(16-23)17-8-2-1-3-9-17/h1-5,8-10,12-14,19H,6-7,11,15-16H2/b14-13+. The van der Waals surface area contributed by atoms with Gasteiger partial charge in [0.1, 0.15) is 0 Å². The van der Waals surface area contributed by atoms with Crippen molar-refractivity contribution in [3.05, 3.63) is 76.8 Å². The molecule has 1 unspecified atom stereocenters. The zero-order chi connectivity index (χ0) is 16.8. The van der Waals surface area contributed by atoms with Gasteiger partial charge in [0.05, 0.1) is 0 Å². The van der Waals surface area contributed by atoms with Gasteiger partial charge >= 0.3 is 0 Å². The molecule has 0 bridgehead atoms. The number of likely N-dealkylation sites (tertiary alicyclic amines) is 1. The number of halogens is 1. The summed E-state index contributed by atoms with van der Waals surface area (Å²) in [7, 11) is 0. The van der Waals surface area contributed by atoms with Gasteiger partial charge in [-0.1, -0.05) is 66.6 Å². The first-order chi connectivity index (χ1) is 11.7. The Morgan fingerprint density at radius 1 is 1.04 bits per heavy atom. The van der Waals surface area contributed by atoms with Crippen molar-refractivity contribution in [3.63, 3.8) is 0 Å². The maximum absolute atomic E-state index is 12.6. The van der Waals surface area contributed by atoms with E-state index in [0.29, 0.717) is 10.9 Å². The highest BCUT2D eigenvalue weighted by Crippen LogP contribution is 2.26. The number of hydrogen-bond donors (Lipinski definition) is 0. The van der Waals surface area contributed by atoms with Gasteiger partial charge in [-0.2, -0.15) is 0 Å². The SMILES string of the molecule is O=C(/C=C/c1ccccc1Cl)N1CCCCC(c2ccccc2)C1. The molecule has 3 heteroatoms. The van der Waals surface area contributed by atoms with Crippen LogP contribution in [0.25, 0.3) is 6.08 Å². The third-order valence-corrected chi connectivity index (χ3v) is 4.91. The second kappa shape index (κ2) is 8.16. The number of carbonyl (C=O) groups is 1. The van der Waals surface area contributed by atoms with E-state index >= 15 is 0 Å². The summed E-state index contributed by atoms with van der Waals surface area (Å²) in [5, 5.41) is 0.666. The Morgan fingerprint density at radius 3 is 2.58 bits per heavy atom. The van der Waals surface area contributed by atoms with Crippen LogP contribution in [-0.2, 0) is 4.79 Å². The van der Waals surface area contributed by atoms with Crippen LogP contribution in [0.1, 0.15) is 36.3 Å². The van der Waals surface area contributed by atoms with Gasteiger partial charge in [0.25, 0.3) is 0 Å². The molecule has 124 valence electrons. The monoisotopic (exact) mass is 339 g/mol. The molecule has 1 atom stereocenters. The third-order valence-electron chi connectivity index (χ3n) is 4.56. The first-order valence-electron chi connectivity index (χ1n) is 8.50. The molecule has 1 saturated heterocycles. The maximum Gasteiger partial charge on any atom is 0.246 e. The average molecular weight is 340 g/mol. The molecule has 3 rings (SSSR count). The van der Waals surface area contributed by atoms with Gasteiger partial charge in [-0.3, -0.25) is 4.79 Å². The van der Waals surface area contributed by atoms with E-state index < -0.39 is 0 Å². The topological polar surface area (TPSA) is 20.3 Å². The fourth-order valence-corrected chi connectivity index (χ4v) is 3.41. The van der Waals surface area contributed by atoms with Crippen molar-refractivity contribution in [2.45, 2.75) is 25.2 Å². The lowest BCUT2D eigenvalue weighted by Crippen LogP contribution is -2.32. The highest BCUT2D eigenvalue weighted by molar-refractivity contribution is 6.32. The van der Waals surface area contributed by atoms with E-state index in [0.717, 1.165) is 37.9 Å². The fraction of sp³-hybridized carbons (Fsp3) is 0.286. The van der Waals surface area contributed by atoms with Crippen molar-refractivity contribution in [1.29, 1.82) is 0 Å². The van der Waals surface area contributed by atoms with E-state index in [4.69, 9.17) is 11.6 Å². The minimum atomic E-state index is 0.0674. The third kappa shape index (κ3) is 4.27. The van der Waals surface area contributed by atoms with Crippen molar-refractivity contribution in [3.8, 4) is 0 Å². The molecule has 2 aromatic rings. The van der Waals surface area contributed by atoms with Gasteiger partial charge in [-0.25, -0.2) is 0 Å². The second-order valence-corrected chi connectivity index (χ2v) is 6.65. The van der Waals surface area contributed by atoms with Crippen LogP contribution in [-0.4, -0.2) is 23.9 Å². The lowest BCUT2D eigenvalue weighted by atomic mass is 9.94. The molecule has 1 amide bonds. The number of nitrogens with zero attached hydrogens (tertiary/aromatic N) is 1. The molecule has 1 fully saturated rings. The number of carbonyl (C=O) groups excluding carboxylic acids is 1. The van der Waals surface area contributed by atoms with Gasteiger partial charge in [0, 0.05) is 30.1 Å². The molecule has 24 heavy (non-hydrogen) atoms. The molecule has 2 nitrogen and oxygen atoms in total. The summed E-state index contributed by atoms with van der Waals surface area (Å²) in [5.74, 6) is 0.490. The summed E-state index contributed by atoms with van der Waals surface area (Å²) in [4.78, 5) is 14.6. The van der Waals surface area contributed by atoms with Gasteiger partial charge < -0.3 is 4.90 Å². The van der Waals surface area contributed by atoms with Crippen LogP contribution in [0.5, 0.6) is 0 Å². The highest BCUT2D eigenvalue weighted by Gasteiger charge is 2.21. The molecule has 0 saturated carbocycles. The fourth-order valence-electron chi connectivity index (χ4n) is 3.22. The number of rotatable bonds is 3. The predicted molar refractivity (Wildman–Crippen MR) is 100 cm³/mol. The molecule has 1 aliphatic heterocycles. The molecule has 0 N–H and O–H groups in total. The van der Waals surface area contributed by atoms with Crippen molar-refractivity contribution in [2.24, 2.45) is 0 Å². The predicted octanol–water partition coefficient (Wildman–Crippen LogP) is 5.15. The summed E-state index contributed by atoms with van der Waals surface area (Å²) in [6.07, 6.45) is 6.83. The summed E-state index contributed by atoms with van der Waals surface area (Å²) < 4.78 is 0. The number of amides is 1. The van der Waals surface area contributed by atoms with Crippen molar-refractivity contribution >= 4 is 23.6 Å². The normalized spacial score (nSPS) is 18.5. The Bertz CT molecular complexity index is 711. The molecular weight excluding hydrogens is 318 g/mol. The molecule has 0 aromatic heterocycles. The van der Waals surface area contributed by atoms with Crippen molar-refractivity contribution in [2.75, 3.05) is 13.1 Å². The minimum Gasteiger partial charge on any atom is -0.339 e. The summed E-state index contributed by atoms with van der Waals surface area (Å²) >= 11 is 6.15. The Labute approximate surface area is 148 Å². The first kappa shape index (κ1) is 16.8. The molecule has 0 spiro atoms. The molecule has 2 aromatic carbocycles. The van der Waals surface area contributed by atoms with E-state index in [1.165, 1.54) is 5.56 Å². The zero-order valence-corrected chi connectivity index (χ0v) is 14.5. The smallest absolute Gasteiger partial charge is 0.246 e. The van der Waals surface area contributed by atoms with Crippen LogP contribution in [0.2, 0.25) is 5.02 Å². The van der Waals surface area contributed by atoms with Gasteiger partial charge in [0.2, 0.25) is 5.91 Å². The minimum absolute atomic E-state index is 0.0674. The Balaban J connectivity index is 1.70. The van der Waals surface area contributed by atoms with Crippen LogP contribution in [0.4, 0.5) is 0 Å². The summed E-state index contributed by atoms with van der Waals surface area (Å²) in [6, 6.07) is 18.1. The van der Waals surface area contributed by atoms with Gasteiger partial charge in [0.15, 0.2) is 0 Å². The van der Waals surface area contributed by atoms with E-state index in [1.807, 2.05) is 41.3 Å². The van der Waals surface area contributed by atoms with Crippen LogP contribution in [0, 0.1) is 0 Å². The Morgan fingerprint density at radius 2 is 1.79 bits per heavy atom. The van der Waals surface area contributed by atoms with Crippen molar-refractivity contribution in [1.82, 2.24) is 4.90 Å². The van der Waals surface area contributed by atoms with Crippen molar-refractivity contribution < 1.29 is 4.79 Å². The van der Waals surface area contributed by atoms with Gasteiger partial charge in [-0.05, 0) is 36.1 Å². The molecule has 1 heterocycles. The quantitative estimate of drug-likeness (QED) is 0.708. The Hall–Kier alpha value is -2.06. The summed E-state index contributed by atoms with van der Waals surface area (Å²) in [5.41, 5.74) is 2.20. The van der Waals surface area contributed by atoms with Crippen LogP contribution in [0.15, 0.2) is 60.7 Å². The van der Waals surface area contributed by atoms with E-state index in [2.05, 4.69) is 24.3 Å². The van der Waals surface area contributed by atoms with E-state index in [9.17, 15) is 4.79 Å². The molecular formula is C21H22ClNO. The highest BCUT2D eigenvalue weighted by atomic mass is 35.5. The number of hydrogen-bond acceptors (Lipinski definition) is 1. The van der Waals surface area contributed by atoms with Crippen LogP contribution < -0.4 is 0 Å². The molecule has 0 aliphatic carbocycles. The van der Waals surface area contributed by atoms with E-state index in [1.54, 1.807) is 6.08 Å². The van der Waals surface area contributed by atoms with Gasteiger partial charge in [-0.15, -0.1) is 0 Å². The Kier molecular flexibility index (Phi) is 5.71. The van der Waals surface area contributed by atoms with Crippen LogP contribution >= 0.6 is 11.6 Å². The zero-order valence-electron chi connectivity index (χ0n) is 13.7. The van der Waals surface area contributed by atoms with Crippen LogP contribution in [0.3, 0.4) is 0 Å². The first-order valence-corrected chi connectivity index (χ1v) is 8.88. The number of benzene rings is 2. The second-order valence-electron chi connectivity index (χ2n) is 6.24.